The summed E-state index contributed by atoms with van der Waals surface area (Å²) < 4.78 is 2.13. The summed E-state index contributed by atoms with van der Waals surface area (Å²) in [7, 11) is 0. The number of nitrogens with one attached hydrogen (secondary N) is 2. The first-order valence-corrected chi connectivity index (χ1v) is 8.63. The number of amides is 2. The van der Waals surface area contributed by atoms with Crippen molar-refractivity contribution >= 4 is 11.8 Å². The van der Waals surface area contributed by atoms with Crippen molar-refractivity contribution in [2.24, 2.45) is 5.92 Å². The third kappa shape index (κ3) is 3.74. The predicted octanol–water partition coefficient (Wildman–Crippen LogP) is 1.32. The number of rotatable bonds is 4. The normalized spacial score (nSPS) is 22.4. The van der Waals surface area contributed by atoms with E-state index in [1.165, 1.54) is 6.92 Å². The molecular formula is C17H26N4O2. The summed E-state index contributed by atoms with van der Waals surface area (Å²) in [4.78, 5) is 28.7. The molecule has 0 aromatic carbocycles. The van der Waals surface area contributed by atoms with Crippen LogP contribution in [-0.2, 0) is 22.6 Å². The zero-order chi connectivity index (χ0) is 16.4. The number of carbonyl (C=O) groups excluding carboxylic acids is 2. The van der Waals surface area contributed by atoms with Crippen LogP contribution < -0.4 is 10.6 Å². The molecule has 3 rings (SSSR count). The second-order valence-electron chi connectivity index (χ2n) is 6.92. The van der Waals surface area contributed by atoms with Crippen molar-refractivity contribution < 1.29 is 9.59 Å². The summed E-state index contributed by atoms with van der Waals surface area (Å²) in [5, 5.41) is 6.01. The Hall–Kier alpha value is -1.85. The molecule has 1 aliphatic carbocycles. The summed E-state index contributed by atoms with van der Waals surface area (Å²) in [6.45, 7) is 4.24. The summed E-state index contributed by atoms with van der Waals surface area (Å²) in [5.41, 5.74) is 1.02. The number of hydrogen-bond donors (Lipinski definition) is 2. The Morgan fingerprint density at radius 2 is 2.04 bits per heavy atom. The standard InChI is InChI=1S/C17H26N4O2/c1-11-9-21-10-14(7-8-15(21)18-11)20-17(23)16(19-12(2)22)13-5-3-4-6-13/h9,13-14,16H,3-8,10H2,1-2H3,(H,19,22)(H,20,23)/t14-,16+/m0/s1. The monoisotopic (exact) mass is 318 g/mol. The van der Waals surface area contributed by atoms with Crippen LogP contribution >= 0.6 is 0 Å². The molecule has 6 nitrogen and oxygen atoms in total. The highest BCUT2D eigenvalue weighted by Crippen LogP contribution is 2.28. The SMILES string of the molecule is CC(=O)N[C@@H](C(=O)N[C@H]1CCc2nc(C)cn2C1)C1CCCC1. The number of nitrogens with zero attached hydrogens (tertiary/aromatic N) is 2. The van der Waals surface area contributed by atoms with Crippen LogP contribution in [0.3, 0.4) is 0 Å². The first-order valence-electron chi connectivity index (χ1n) is 8.63. The molecule has 1 saturated carbocycles. The minimum Gasteiger partial charge on any atom is -0.350 e. The Balaban J connectivity index is 1.63. The molecule has 2 atom stereocenters. The van der Waals surface area contributed by atoms with E-state index in [0.717, 1.165) is 56.6 Å². The summed E-state index contributed by atoms with van der Waals surface area (Å²) in [6.07, 6.45) is 8.16. The lowest BCUT2D eigenvalue weighted by Crippen LogP contribution is -2.53. The molecule has 2 heterocycles. The number of hydrogen-bond acceptors (Lipinski definition) is 3. The highest BCUT2D eigenvalue weighted by molar-refractivity contribution is 5.87. The van der Waals surface area contributed by atoms with Crippen molar-refractivity contribution in [2.45, 2.75) is 71.0 Å². The lowest BCUT2D eigenvalue weighted by Gasteiger charge is -2.29. The van der Waals surface area contributed by atoms with Crippen LogP contribution in [0.15, 0.2) is 6.20 Å². The Morgan fingerprint density at radius 1 is 1.30 bits per heavy atom. The third-order valence-electron chi connectivity index (χ3n) is 4.97. The Morgan fingerprint density at radius 3 is 2.74 bits per heavy atom. The largest absolute Gasteiger partial charge is 0.350 e. The maximum atomic E-state index is 12.7. The van der Waals surface area contributed by atoms with Gasteiger partial charge in [-0.25, -0.2) is 4.98 Å². The van der Waals surface area contributed by atoms with Gasteiger partial charge in [0.1, 0.15) is 11.9 Å². The molecule has 23 heavy (non-hydrogen) atoms. The van der Waals surface area contributed by atoms with E-state index >= 15 is 0 Å². The predicted molar refractivity (Wildman–Crippen MR) is 86.8 cm³/mol. The molecule has 0 spiro atoms. The first-order chi connectivity index (χ1) is 11.0. The highest BCUT2D eigenvalue weighted by Gasteiger charge is 2.33. The molecule has 2 N–H and O–H groups in total. The smallest absolute Gasteiger partial charge is 0.243 e. The summed E-state index contributed by atoms with van der Waals surface area (Å²) in [5.74, 6) is 1.21. The van der Waals surface area contributed by atoms with Crippen molar-refractivity contribution in [1.82, 2.24) is 20.2 Å². The number of carbonyl (C=O) groups is 2. The number of fused-ring (bicyclic) bond motifs is 1. The molecule has 1 aromatic heterocycles. The molecule has 6 heteroatoms. The van der Waals surface area contributed by atoms with Crippen LogP contribution in [0.1, 0.15) is 50.5 Å². The second kappa shape index (κ2) is 6.72. The molecular weight excluding hydrogens is 292 g/mol. The number of imidazole rings is 1. The van der Waals surface area contributed by atoms with E-state index in [-0.39, 0.29) is 29.8 Å². The second-order valence-corrected chi connectivity index (χ2v) is 6.92. The minimum atomic E-state index is -0.388. The van der Waals surface area contributed by atoms with Crippen molar-refractivity contribution in [3.8, 4) is 0 Å². The average Bonchev–Trinajstić information content (AvgIpc) is 3.12. The topological polar surface area (TPSA) is 76.0 Å². The third-order valence-corrected chi connectivity index (χ3v) is 4.97. The van der Waals surface area contributed by atoms with Gasteiger partial charge in [-0.05, 0) is 32.1 Å². The van der Waals surface area contributed by atoms with Gasteiger partial charge in [0.25, 0.3) is 0 Å². The molecule has 0 unspecified atom stereocenters. The summed E-state index contributed by atoms with van der Waals surface area (Å²) in [6, 6.07) is -0.276. The van der Waals surface area contributed by atoms with Crippen LogP contribution in [0.4, 0.5) is 0 Å². The van der Waals surface area contributed by atoms with Crippen molar-refractivity contribution in [3.05, 3.63) is 17.7 Å². The van der Waals surface area contributed by atoms with Gasteiger partial charge < -0.3 is 15.2 Å². The van der Waals surface area contributed by atoms with E-state index in [0.29, 0.717) is 0 Å². The van der Waals surface area contributed by atoms with Crippen molar-refractivity contribution in [2.75, 3.05) is 0 Å². The van der Waals surface area contributed by atoms with Crippen LogP contribution in [-0.4, -0.2) is 33.4 Å². The Bertz CT molecular complexity index is 589. The van der Waals surface area contributed by atoms with Gasteiger partial charge in [-0.3, -0.25) is 9.59 Å². The molecule has 0 saturated heterocycles. The van der Waals surface area contributed by atoms with E-state index in [1.807, 2.05) is 13.1 Å². The molecule has 2 aliphatic rings. The van der Waals surface area contributed by atoms with E-state index in [4.69, 9.17) is 0 Å². The summed E-state index contributed by atoms with van der Waals surface area (Å²) >= 11 is 0. The van der Waals surface area contributed by atoms with E-state index in [2.05, 4.69) is 20.2 Å². The van der Waals surface area contributed by atoms with Gasteiger partial charge in [0, 0.05) is 32.1 Å². The fourth-order valence-corrected chi connectivity index (χ4v) is 3.90. The average molecular weight is 318 g/mol. The lowest BCUT2D eigenvalue weighted by molar-refractivity contribution is -0.130. The van der Waals surface area contributed by atoms with Gasteiger partial charge >= 0.3 is 0 Å². The molecule has 1 aliphatic heterocycles. The first kappa shape index (κ1) is 16.0. The number of aromatic nitrogens is 2. The molecule has 1 aromatic rings. The van der Waals surface area contributed by atoms with Gasteiger partial charge in [0.15, 0.2) is 0 Å². The van der Waals surface area contributed by atoms with E-state index in [1.54, 1.807) is 0 Å². The van der Waals surface area contributed by atoms with E-state index in [9.17, 15) is 9.59 Å². The molecule has 0 radical (unpaired) electrons. The molecule has 0 bridgehead atoms. The van der Waals surface area contributed by atoms with Crippen LogP contribution in [0.5, 0.6) is 0 Å². The molecule has 2 amide bonds. The van der Waals surface area contributed by atoms with Gasteiger partial charge in [-0.15, -0.1) is 0 Å². The van der Waals surface area contributed by atoms with Gasteiger partial charge in [0.2, 0.25) is 11.8 Å². The molecule has 1 fully saturated rings. The van der Waals surface area contributed by atoms with Crippen LogP contribution in [0.2, 0.25) is 0 Å². The minimum absolute atomic E-state index is 0.0302. The van der Waals surface area contributed by atoms with Gasteiger partial charge in [-0.1, -0.05) is 12.8 Å². The van der Waals surface area contributed by atoms with E-state index < -0.39 is 0 Å². The fraction of sp³-hybridized carbons (Fsp3) is 0.706. The van der Waals surface area contributed by atoms with Crippen LogP contribution in [0.25, 0.3) is 0 Å². The number of aryl methyl sites for hydroxylation is 2. The fourth-order valence-electron chi connectivity index (χ4n) is 3.90. The Kier molecular flexibility index (Phi) is 4.68. The van der Waals surface area contributed by atoms with Gasteiger partial charge in [0.05, 0.1) is 5.69 Å². The zero-order valence-electron chi connectivity index (χ0n) is 14.0. The maximum absolute atomic E-state index is 12.7. The quantitative estimate of drug-likeness (QED) is 0.879. The maximum Gasteiger partial charge on any atom is 0.243 e. The van der Waals surface area contributed by atoms with Crippen molar-refractivity contribution in [1.29, 1.82) is 0 Å². The van der Waals surface area contributed by atoms with Crippen LogP contribution in [0, 0.1) is 12.8 Å². The Labute approximate surface area is 137 Å². The van der Waals surface area contributed by atoms with Gasteiger partial charge in [-0.2, -0.15) is 0 Å². The zero-order valence-corrected chi connectivity index (χ0v) is 14.0. The lowest BCUT2D eigenvalue weighted by atomic mass is 9.96. The molecule has 126 valence electrons. The highest BCUT2D eigenvalue weighted by atomic mass is 16.2. The van der Waals surface area contributed by atoms with Crippen molar-refractivity contribution in [3.63, 3.8) is 0 Å².